The molecule has 0 fully saturated rings. The predicted molar refractivity (Wildman–Crippen MR) is 131 cm³/mol. The number of ketones is 1. The first-order valence-electron chi connectivity index (χ1n) is 12.2. The number of amides is 1. The number of hydrogen-bond donors (Lipinski definition) is 2. The lowest BCUT2D eigenvalue weighted by Crippen LogP contribution is -2.51. The molecule has 1 aromatic carbocycles. The van der Waals surface area contributed by atoms with Crippen LogP contribution >= 0.6 is 0 Å². The van der Waals surface area contributed by atoms with Crippen LogP contribution in [0.5, 0.6) is 0 Å². The zero-order valence-corrected chi connectivity index (χ0v) is 21.6. The van der Waals surface area contributed by atoms with Crippen LogP contribution in [-0.4, -0.2) is 55.5 Å². The number of benzene rings is 1. The molecule has 0 aliphatic carbocycles. The predicted octanol–water partition coefficient (Wildman–Crippen LogP) is 3.49. The topological polar surface area (TPSA) is 133 Å². The summed E-state index contributed by atoms with van der Waals surface area (Å²) in [5, 5.41) is 20.6. The molecule has 1 unspecified atom stereocenters. The summed E-state index contributed by atoms with van der Waals surface area (Å²) in [6, 6.07) is 9.70. The van der Waals surface area contributed by atoms with Gasteiger partial charge in [-0.3, -0.25) is 9.59 Å². The maximum atomic E-state index is 13.4. The third-order valence-corrected chi connectivity index (χ3v) is 6.07. The molecule has 196 valence electrons. The highest BCUT2D eigenvalue weighted by Gasteiger charge is 2.36. The quantitative estimate of drug-likeness (QED) is 0.507. The second-order valence-corrected chi connectivity index (χ2v) is 10.7. The van der Waals surface area contributed by atoms with Crippen LogP contribution in [-0.2, 0) is 38.6 Å². The second kappa shape index (κ2) is 11.2. The van der Waals surface area contributed by atoms with E-state index in [0.717, 1.165) is 5.56 Å². The molecule has 1 aliphatic rings. The summed E-state index contributed by atoms with van der Waals surface area (Å²) in [7, 11) is 0. The number of carbonyl (C=O) groups is 3. The third kappa shape index (κ3) is 7.36. The molecule has 0 bridgehead atoms. The Kier molecular flexibility index (Phi) is 8.50. The lowest BCUT2D eigenvalue weighted by Gasteiger charge is -2.29. The minimum absolute atomic E-state index is 0.0537. The molecule has 2 N–H and O–H groups in total. The Morgan fingerprint density at radius 3 is 2.47 bits per heavy atom. The molecule has 10 heteroatoms. The summed E-state index contributed by atoms with van der Waals surface area (Å²) >= 11 is 0. The molecule has 3 rings (SSSR count). The van der Waals surface area contributed by atoms with Gasteiger partial charge in [-0.1, -0.05) is 30.3 Å². The number of hydrogen-bond acceptors (Lipinski definition) is 7. The van der Waals surface area contributed by atoms with Crippen LogP contribution in [0.25, 0.3) is 0 Å². The number of Topliss-reactive ketones (excluding diaryl/α,β-unsaturated/α-hetero) is 1. The number of rotatable bonds is 10. The molecule has 2 heterocycles. The first-order valence-corrected chi connectivity index (χ1v) is 12.2. The van der Waals surface area contributed by atoms with Crippen LogP contribution in [0.1, 0.15) is 70.6 Å². The number of aliphatic carboxylic acids is 1. The van der Waals surface area contributed by atoms with Crippen molar-refractivity contribution in [2.75, 3.05) is 6.61 Å². The Morgan fingerprint density at radius 1 is 1.14 bits per heavy atom. The van der Waals surface area contributed by atoms with E-state index in [1.54, 1.807) is 34.6 Å². The molecule has 0 saturated carbocycles. The standard InChI is InChI=1S/C26H36N4O6/c1-25(2,3)36-24(34)27-26(4,5)20(31)13-19(16-35-15-17-9-7-6-8-10-17)22-29-28-21-14-18(23(32)33)11-12-30(21)22/h6-10,18-19H,11-16H2,1-5H3,(H,27,34)(H,32,33)/t18?,19-/m1/s1. The average molecular weight is 501 g/mol. The number of aromatic nitrogens is 3. The first-order chi connectivity index (χ1) is 16.9. The second-order valence-electron chi connectivity index (χ2n) is 10.7. The van der Waals surface area contributed by atoms with E-state index < -0.39 is 35.0 Å². The highest BCUT2D eigenvalue weighted by atomic mass is 16.6. The van der Waals surface area contributed by atoms with Gasteiger partial charge in [-0.15, -0.1) is 10.2 Å². The van der Waals surface area contributed by atoms with E-state index in [1.807, 2.05) is 34.9 Å². The third-order valence-electron chi connectivity index (χ3n) is 6.07. The summed E-state index contributed by atoms with van der Waals surface area (Å²) in [6.45, 7) is 9.57. The highest BCUT2D eigenvalue weighted by Crippen LogP contribution is 2.28. The number of carboxylic acids is 1. The normalized spacial score (nSPS) is 16.6. The Hall–Kier alpha value is -3.27. The van der Waals surface area contributed by atoms with Gasteiger partial charge in [-0.2, -0.15) is 0 Å². The summed E-state index contributed by atoms with van der Waals surface area (Å²) < 4.78 is 13.2. The maximum absolute atomic E-state index is 13.4. The Bertz CT molecular complexity index is 1070. The van der Waals surface area contributed by atoms with Crippen molar-refractivity contribution in [1.29, 1.82) is 0 Å². The fourth-order valence-corrected chi connectivity index (χ4v) is 4.09. The van der Waals surface area contributed by atoms with Crippen molar-refractivity contribution in [3.8, 4) is 0 Å². The van der Waals surface area contributed by atoms with Crippen LogP contribution in [0.2, 0.25) is 0 Å². The van der Waals surface area contributed by atoms with Crippen molar-refractivity contribution < 1.29 is 29.0 Å². The van der Waals surface area contributed by atoms with Crippen molar-refractivity contribution in [3.63, 3.8) is 0 Å². The summed E-state index contributed by atoms with van der Waals surface area (Å²) in [4.78, 5) is 37.1. The lowest BCUT2D eigenvalue weighted by molar-refractivity contribution is -0.142. The minimum Gasteiger partial charge on any atom is -0.481 e. The van der Waals surface area contributed by atoms with E-state index in [1.165, 1.54) is 0 Å². The number of nitrogens with zero attached hydrogens (tertiary/aromatic N) is 3. The molecule has 1 aliphatic heterocycles. The van der Waals surface area contributed by atoms with Crippen LogP contribution in [0.3, 0.4) is 0 Å². The maximum Gasteiger partial charge on any atom is 0.408 e. The Balaban J connectivity index is 1.76. The Labute approximate surface area is 211 Å². The van der Waals surface area contributed by atoms with Gasteiger partial charge in [0.1, 0.15) is 17.2 Å². The van der Waals surface area contributed by atoms with Crippen molar-refractivity contribution in [2.45, 2.75) is 84.1 Å². The zero-order chi connectivity index (χ0) is 26.5. The molecule has 2 aromatic rings. The van der Waals surface area contributed by atoms with E-state index in [-0.39, 0.29) is 18.8 Å². The van der Waals surface area contributed by atoms with E-state index in [0.29, 0.717) is 37.6 Å². The molecule has 10 nitrogen and oxygen atoms in total. The number of fused-ring (bicyclic) bond motifs is 1. The number of alkyl carbamates (subject to hydrolysis) is 1. The molecule has 36 heavy (non-hydrogen) atoms. The molecular formula is C26H36N4O6. The number of carbonyl (C=O) groups excluding carboxylic acids is 2. The van der Waals surface area contributed by atoms with Crippen molar-refractivity contribution >= 4 is 17.8 Å². The highest BCUT2D eigenvalue weighted by molar-refractivity contribution is 5.91. The smallest absolute Gasteiger partial charge is 0.408 e. The summed E-state index contributed by atoms with van der Waals surface area (Å²) in [6.07, 6.45) is 0.139. The van der Waals surface area contributed by atoms with Gasteiger partial charge < -0.3 is 24.5 Å². The van der Waals surface area contributed by atoms with E-state index in [2.05, 4.69) is 15.5 Å². The van der Waals surface area contributed by atoms with Gasteiger partial charge in [0.15, 0.2) is 5.78 Å². The molecule has 0 radical (unpaired) electrons. The molecule has 0 saturated heterocycles. The zero-order valence-electron chi connectivity index (χ0n) is 21.6. The molecular weight excluding hydrogens is 464 g/mol. The monoisotopic (exact) mass is 500 g/mol. The van der Waals surface area contributed by atoms with E-state index >= 15 is 0 Å². The summed E-state index contributed by atoms with van der Waals surface area (Å²) in [5.74, 6) is -0.806. The van der Waals surface area contributed by atoms with Gasteiger partial charge in [0, 0.05) is 25.3 Å². The number of nitrogens with one attached hydrogen (secondary N) is 1. The van der Waals surface area contributed by atoms with Crippen LogP contribution in [0.15, 0.2) is 30.3 Å². The summed E-state index contributed by atoms with van der Waals surface area (Å²) in [5.41, 5.74) is -0.869. The molecule has 0 spiro atoms. The fraction of sp³-hybridized carbons (Fsp3) is 0.577. The van der Waals surface area contributed by atoms with Crippen molar-refractivity contribution in [2.24, 2.45) is 5.92 Å². The van der Waals surface area contributed by atoms with E-state index in [4.69, 9.17) is 9.47 Å². The molecule has 2 atom stereocenters. The van der Waals surface area contributed by atoms with E-state index in [9.17, 15) is 19.5 Å². The van der Waals surface area contributed by atoms with Gasteiger partial charge in [0.05, 0.1) is 24.7 Å². The minimum atomic E-state index is -1.18. The van der Waals surface area contributed by atoms with Crippen molar-refractivity contribution in [1.82, 2.24) is 20.1 Å². The lowest BCUT2D eigenvalue weighted by atomic mass is 9.90. The van der Waals surface area contributed by atoms with Crippen molar-refractivity contribution in [3.05, 3.63) is 47.5 Å². The molecule has 1 amide bonds. The average Bonchev–Trinajstić information content (AvgIpc) is 3.20. The number of ether oxygens (including phenoxy) is 2. The van der Waals surface area contributed by atoms with Crippen LogP contribution < -0.4 is 5.32 Å². The van der Waals surface area contributed by atoms with Gasteiger partial charge in [0.2, 0.25) is 0 Å². The van der Waals surface area contributed by atoms with Crippen LogP contribution in [0.4, 0.5) is 4.79 Å². The van der Waals surface area contributed by atoms with Gasteiger partial charge in [-0.05, 0) is 46.6 Å². The van der Waals surface area contributed by atoms with Gasteiger partial charge >= 0.3 is 12.1 Å². The van der Waals surface area contributed by atoms with Crippen LogP contribution in [0, 0.1) is 5.92 Å². The first kappa shape index (κ1) is 27.3. The fourth-order valence-electron chi connectivity index (χ4n) is 4.09. The Morgan fingerprint density at radius 2 is 1.83 bits per heavy atom. The van der Waals surface area contributed by atoms with Gasteiger partial charge in [-0.25, -0.2) is 4.79 Å². The molecule has 1 aromatic heterocycles. The number of carboxylic acid groups (broad SMARTS) is 1. The SMILES string of the molecule is CC(C)(C)OC(=O)NC(C)(C)C(=O)C[C@H](COCc1ccccc1)c1nnc2n1CCC(C(=O)O)C2. The largest absolute Gasteiger partial charge is 0.481 e. The van der Waals surface area contributed by atoms with Gasteiger partial charge in [0.25, 0.3) is 0 Å².